The van der Waals surface area contributed by atoms with Gasteiger partial charge >= 0.3 is 5.69 Å². The van der Waals surface area contributed by atoms with E-state index in [1.165, 1.54) is 17.8 Å². The van der Waals surface area contributed by atoms with Crippen LogP contribution in [0.4, 0.5) is 5.69 Å². The second kappa shape index (κ2) is 7.55. The van der Waals surface area contributed by atoms with Crippen molar-refractivity contribution in [2.24, 2.45) is 14.1 Å². The van der Waals surface area contributed by atoms with Crippen molar-refractivity contribution >= 4 is 5.69 Å². The summed E-state index contributed by atoms with van der Waals surface area (Å²) in [6, 6.07) is 7.75. The number of para-hydroxylation sites is 1. The largest absolute Gasteiger partial charge is 0.481 e. The molecule has 0 spiro atoms. The summed E-state index contributed by atoms with van der Waals surface area (Å²) in [5.74, 6) is 6.71. The molecule has 6 heteroatoms. The molecule has 0 aliphatic carbocycles. The summed E-state index contributed by atoms with van der Waals surface area (Å²) in [6.07, 6.45) is 1.52. The molecule has 1 aromatic heterocycles. The molecule has 24 heavy (non-hydrogen) atoms. The number of aromatic nitrogens is 2. The second-order valence-corrected chi connectivity index (χ2v) is 5.54. The van der Waals surface area contributed by atoms with E-state index in [9.17, 15) is 9.59 Å². The number of rotatable bonds is 4. The van der Waals surface area contributed by atoms with Gasteiger partial charge in [-0.15, -0.1) is 0 Å². The van der Waals surface area contributed by atoms with Crippen LogP contribution in [0.2, 0.25) is 0 Å². The number of anilines is 1. The summed E-state index contributed by atoms with van der Waals surface area (Å²) in [7, 11) is 4.84. The van der Waals surface area contributed by atoms with Crippen LogP contribution in [0.25, 0.3) is 0 Å². The van der Waals surface area contributed by atoms with Gasteiger partial charge in [0.1, 0.15) is 18.0 Å². The van der Waals surface area contributed by atoms with E-state index in [2.05, 4.69) is 11.8 Å². The summed E-state index contributed by atoms with van der Waals surface area (Å²) >= 11 is 0. The first kappa shape index (κ1) is 17.4. The topological polar surface area (TPSA) is 56.5 Å². The van der Waals surface area contributed by atoms with E-state index in [0.717, 1.165) is 15.9 Å². The Balaban J connectivity index is 2.00. The Morgan fingerprint density at radius 1 is 1.17 bits per heavy atom. The van der Waals surface area contributed by atoms with Crippen molar-refractivity contribution in [3.8, 4) is 17.6 Å². The van der Waals surface area contributed by atoms with Crippen LogP contribution in [0.5, 0.6) is 5.75 Å². The summed E-state index contributed by atoms with van der Waals surface area (Å²) in [4.78, 5) is 25.5. The van der Waals surface area contributed by atoms with Gasteiger partial charge in [-0.25, -0.2) is 4.79 Å². The second-order valence-electron chi connectivity index (χ2n) is 5.54. The third-order valence-corrected chi connectivity index (χ3v) is 3.67. The molecule has 0 saturated heterocycles. The molecule has 2 aromatic rings. The lowest BCUT2D eigenvalue weighted by Crippen LogP contribution is -2.40. The fraction of sp³-hybridized carbons (Fsp3) is 0.333. The molecule has 0 atom stereocenters. The predicted octanol–water partition coefficient (Wildman–Crippen LogP) is 0.911. The number of nitrogens with zero attached hydrogens (tertiary/aromatic N) is 3. The van der Waals surface area contributed by atoms with Gasteiger partial charge < -0.3 is 14.2 Å². The van der Waals surface area contributed by atoms with Crippen molar-refractivity contribution in [2.45, 2.75) is 6.92 Å². The maximum absolute atomic E-state index is 12.1. The fourth-order valence-electron chi connectivity index (χ4n) is 2.19. The van der Waals surface area contributed by atoms with E-state index in [1.54, 1.807) is 19.0 Å². The molecule has 0 unspecified atom stereocenters. The van der Waals surface area contributed by atoms with Crippen LogP contribution in [-0.4, -0.2) is 29.3 Å². The van der Waals surface area contributed by atoms with Crippen LogP contribution < -0.4 is 20.9 Å². The van der Waals surface area contributed by atoms with Crippen molar-refractivity contribution < 1.29 is 4.74 Å². The Morgan fingerprint density at radius 2 is 1.88 bits per heavy atom. The van der Waals surface area contributed by atoms with Crippen molar-refractivity contribution in [3.05, 3.63) is 56.9 Å². The predicted molar refractivity (Wildman–Crippen MR) is 94.6 cm³/mol. The molecule has 126 valence electrons. The molecule has 0 aliphatic heterocycles. The average Bonchev–Trinajstić information content (AvgIpc) is 2.57. The van der Waals surface area contributed by atoms with Gasteiger partial charge in [-0.2, -0.15) is 0 Å². The normalized spacial score (nSPS) is 10.0. The third kappa shape index (κ3) is 3.87. The number of hydrogen-bond acceptors (Lipinski definition) is 4. The summed E-state index contributed by atoms with van der Waals surface area (Å²) in [6.45, 7) is 2.63. The molecular weight excluding hydrogens is 306 g/mol. The highest BCUT2D eigenvalue weighted by Gasteiger charge is 2.09. The molecule has 0 fully saturated rings. The van der Waals surface area contributed by atoms with Crippen LogP contribution in [0.3, 0.4) is 0 Å². The zero-order chi connectivity index (χ0) is 17.7. The lowest BCUT2D eigenvalue weighted by atomic mass is 10.2. The first-order valence-corrected chi connectivity index (χ1v) is 7.53. The molecule has 6 nitrogen and oxygen atoms in total. The van der Waals surface area contributed by atoms with Gasteiger partial charge in [-0.05, 0) is 18.6 Å². The van der Waals surface area contributed by atoms with Crippen molar-refractivity contribution in [2.75, 3.05) is 25.1 Å². The zero-order valence-corrected chi connectivity index (χ0v) is 14.4. The maximum Gasteiger partial charge on any atom is 0.330 e. The number of hydrogen-bond donors (Lipinski definition) is 0. The standard InChI is InChI=1S/C18H21N3O3/c1-14-9-5-6-10-16(14)24-12-8-7-11-19(2)15-13-20(3)18(23)21(4)17(15)22/h5-6,9-10,13H,11-12H2,1-4H3. The van der Waals surface area contributed by atoms with Crippen molar-refractivity contribution in [1.29, 1.82) is 0 Å². The van der Waals surface area contributed by atoms with Gasteiger partial charge in [0.05, 0.1) is 6.54 Å². The summed E-state index contributed by atoms with van der Waals surface area (Å²) in [5, 5.41) is 0. The molecular formula is C18H21N3O3. The van der Waals surface area contributed by atoms with Gasteiger partial charge in [0, 0.05) is 27.3 Å². The highest BCUT2D eigenvalue weighted by Crippen LogP contribution is 2.15. The average molecular weight is 327 g/mol. The minimum atomic E-state index is -0.352. The summed E-state index contributed by atoms with van der Waals surface area (Å²) in [5.41, 5.74) is 0.798. The lowest BCUT2D eigenvalue weighted by Gasteiger charge is -2.16. The minimum absolute atomic E-state index is 0.282. The van der Waals surface area contributed by atoms with Crippen LogP contribution in [0.15, 0.2) is 40.1 Å². The van der Waals surface area contributed by atoms with E-state index >= 15 is 0 Å². The van der Waals surface area contributed by atoms with Crippen LogP contribution >= 0.6 is 0 Å². The molecule has 1 aromatic carbocycles. The van der Waals surface area contributed by atoms with Crippen LogP contribution in [0, 0.1) is 18.8 Å². The molecule has 2 rings (SSSR count). The molecule has 0 N–H and O–H groups in total. The third-order valence-electron chi connectivity index (χ3n) is 3.67. The minimum Gasteiger partial charge on any atom is -0.481 e. The van der Waals surface area contributed by atoms with Gasteiger partial charge in [0.15, 0.2) is 0 Å². The van der Waals surface area contributed by atoms with E-state index in [-0.39, 0.29) is 17.9 Å². The summed E-state index contributed by atoms with van der Waals surface area (Å²) < 4.78 is 8.06. The molecule has 0 aliphatic rings. The zero-order valence-electron chi connectivity index (χ0n) is 14.4. The highest BCUT2D eigenvalue weighted by atomic mass is 16.5. The first-order chi connectivity index (χ1) is 11.4. The molecule has 0 radical (unpaired) electrons. The Morgan fingerprint density at radius 3 is 2.58 bits per heavy atom. The van der Waals surface area contributed by atoms with E-state index in [4.69, 9.17) is 4.74 Å². The van der Waals surface area contributed by atoms with Gasteiger partial charge in [0.25, 0.3) is 5.56 Å². The molecule has 0 saturated carbocycles. The Labute approximate surface area is 140 Å². The number of aryl methyl sites for hydroxylation is 2. The number of benzene rings is 1. The highest BCUT2D eigenvalue weighted by molar-refractivity contribution is 5.42. The Kier molecular flexibility index (Phi) is 5.48. The number of ether oxygens (including phenoxy) is 1. The first-order valence-electron chi connectivity index (χ1n) is 7.53. The van der Waals surface area contributed by atoms with Crippen LogP contribution in [-0.2, 0) is 14.1 Å². The SMILES string of the molecule is Cc1ccccc1OCC#CCN(C)c1cn(C)c(=O)n(C)c1=O. The van der Waals surface area contributed by atoms with Crippen molar-refractivity contribution in [1.82, 2.24) is 9.13 Å². The van der Waals surface area contributed by atoms with Gasteiger partial charge in [0.2, 0.25) is 0 Å². The monoisotopic (exact) mass is 327 g/mol. The van der Waals surface area contributed by atoms with Gasteiger partial charge in [-0.1, -0.05) is 30.0 Å². The molecule has 1 heterocycles. The Hall–Kier alpha value is -2.94. The smallest absolute Gasteiger partial charge is 0.330 e. The molecule has 0 amide bonds. The maximum atomic E-state index is 12.1. The van der Waals surface area contributed by atoms with E-state index in [0.29, 0.717) is 12.2 Å². The van der Waals surface area contributed by atoms with E-state index < -0.39 is 0 Å². The van der Waals surface area contributed by atoms with Crippen LogP contribution in [0.1, 0.15) is 5.56 Å². The Bertz CT molecular complexity index is 900. The van der Waals surface area contributed by atoms with Crippen molar-refractivity contribution in [3.63, 3.8) is 0 Å². The van der Waals surface area contributed by atoms with Gasteiger partial charge in [-0.3, -0.25) is 9.36 Å². The fourth-order valence-corrected chi connectivity index (χ4v) is 2.19. The quantitative estimate of drug-likeness (QED) is 0.784. The lowest BCUT2D eigenvalue weighted by molar-refractivity contribution is 0.367. The molecule has 0 bridgehead atoms. The van der Waals surface area contributed by atoms with E-state index in [1.807, 2.05) is 31.2 Å².